The fourth-order valence-electron chi connectivity index (χ4n) is 8.05. The number of ether oxygens (including phenoxy) is 4. The molecule has 10 N–H and O–H groups in total. The Bertz CT molecular complexity index is 4130. The van der Waals surface area contributed by atoms with Crippen LogP contribution in [-0.2, 0) is 49.9 Å². The van der Waals surface area contributed by atoms with Crippen LogP contribution in [0.1, 0.15) is 31.8 Å². The van der Waals surface area contributed by atoms with Crippen LogP contribution >= 0.6 is 0 Å². The van der Waals surface area contributed by atoms with Crippen molar-refractivity contribution in [3.05, 3.63) is 156 Å². The number of nitrogens with zero attached hydrogens (tertiary/aromatic N) is 4. The predicted octanol–water partition coefficient (Wildman–Crippen LogP) is 9.59. The molecule has 0 aliphatic heterocycles. The van der Waals surface area contributed by atoms with Gasteiger partial charge in [0.05, 0.1) is 70.3 Å². The largest absolute Gasteiger partial charge is 0.489 e. The number of carbonyl (C=O) groups is 2. The number of azo groups is 2. The topological polar surface area (TPSA) is 414 Å². The summed E-state index contributed by atoms with van der Waals surface area (Å²) in [5.41, 5.74) is 15.4. The molecule has 8 aromatic rings. The predicted molar refractivity (Wildman–Crippen MR) is 308 cm³/mol. The number of nitrogens with one attached hydrogen (secondary N) is 2. The number of aryl methyl sites for hydroxylation is 2. The average molecular weight is 1230 g/mol. The van der Waals surface area contributed by atoms with Crippen LogP contribution in [0.3, 0.4) is 0 Å². The first kappa shape index (κ1) is 61.3. The van der Waals surface area contributed by atoms with Gasteiger partial charge in [0.25, 0.3) is 52.3 Å². The first-order valence-corrected chi connectivity index (χ1v) is 30.3. The van der Waals surface area contributed by atoms with Gasteiger partial charge in [-0.3, -0.25) is 27.8 Å². The van der Waals surface area contributed by atoms with Crippen molar-refractivity contribution in [3.8, 4) is 11.5 Å². The zero-order chi connectivity index (χ0) is 60.7. The number of nitrogen functional groups attached to an aromatic ring is 2. The Morgan fingerprint density at radius 2 is 0.798 bits per heavy atom. The van der Waals surface area contributed by atoms with Crippen molar-refractivity contribution in [1.29, 1.82) is 0 Å². The number of anilines is 4. The maximum Gasteiger partial charge on any atom is 0.295 e. The van der Waals surface area contributed by atoms with Crippen LogP contribution in [0.5, 0.6) is 11.5 Å². The lowest BCUT2D eigenvalue weighted by atomic mass is 10.1. The molecule has 0 spiro atoms. The number of rotatable bonds is 23. The maximum absolute atomic E-state index is 13.3. The second-order valence-corrected chi connectivity index (χ2v) is 23.9. The molecule has 0 saturated heterocycles. The average Bonchev–Trinajstić information content (AvgIpc) is 1.68. The molecule has 0 radical (unpaired) electrons. The van der Waals surface area contributed by atoms with E-state index in [1.165, 1.54) is 48.5 Å². The summed E-state index contributed by atoms with van der Waals surface area (Å²) in [5, 5.41) is 22.6. The van der Waals surface area contributed by atoms with E-state index in [0.29, 0.717) is 45.8 Å². The van der Waals surface area contributed by atoms with Crippen LogP contribution in [0.4, 0.5) is 45.5 Å². The number of hydrogen-bond acceptors (Lipinski definition) is 20. The molecule has 0 atom stereocenters. The molecule has 8 aromatic carbocycles. The molecule has 0 unspecified atom stereocenters. The Balaban J connectivity index is 0.919. The molecule has 26 nitrogen and oxygen atoms in total. The summed E-state index contributed by atoms with van der Waals surface area (Å²) < 4.78 is 159. The van der Waals surface area contributed by atoms with Crippen LogP contribution in [0.25, 0.3) is 21.5 Å². The number of fused-ring (bicyclic) bond motifs is 2. The van der Waals surface area contributed by atoms with Gasteiger partial charge >= 0.3 is 0 Å². The smallest absolute Gasteiger partial charge is 0.295 e. The minimum absolute atomic E-state index is 0.0373. The molecular formula is C54H50N8O18S4. The van der Waals surface area contributed by atoms with Crippen molar-refractivity contribution in [2.75, 3.05) is 61.7 Å². The van der Waals surface area contributed by atoms with Gasteiger partial charge in [0.15, 0.2) is 0 Å². The van der Waals surface area contributed by atoms with Gasteiger partial charge in [0.1, 0.15) is 34.5 Å². The Kier molecular flexibility index (Phi) is 18.5. The summed E-state index contributed by atoms with van der Waals surface area (Å²) in [7, 11) is -19.6. The van der Waals surface area contributed by atoms with Crippen LogP contribution in [0.2, 0.25) is 0 Å². The molecule has 0 heterocycles. The zero-order valence-electron chi connectivity index (χ0n) is 44.0. The third-order valence-electron chi connectivity index (χ3n) is 12.2. The normalized spacial score (nSPS) is 12.3. The summed E-state index contributed by atoms with van der Waals surface area (Å²) in [6.45, 7) is 3.57. The van der Waals surface area contributed by atoms with E-state index in [4.69, 9.17) is 30.4 Å². The molecule has 0 saturated carbocycles. The summed E-state index contributed by atoms with van der Waals surface area (Å²) in [6, 6.07) is 29.9. The highest BCUT2D eigenvalue weighted by Gasteiger charge is 2.23. The Labute approximate surface area is 480 Å². The molecule has 30 heteroatoms. The van der Waals surface area contributed by atoms with Gasteiger partial charge in [0.2, 0.25) is 0 Å². The van der Waals surface area contributed by atoms with Crippen LogP contribution in [-0.4, -0.2) is 103 Å². The molecule has 0 bridgehead atoms. The van der Waals surface area contributed by atoms with Crippen molar-refractivity contribution in [2.45, 2.75) is 33.4 Å². The van der Waals surface area contributed by atoms with Gasteiger partial charge in [0, 0.05) is 45.4 Å². The van der Waals surface area contributed by atoms with E-state index in [-0.39, 0.29) is 107 Å². The van der Waals surface area contributed by atoms with Gasteiger partial charge in [-0.2, -0.15) is 54.1 Å². The van der Waals surface area contributed by atoms with Crippen molar-refractivity contribution in [2.24, 2.45) is 20.5 Å². The Morgan fingerprint density at radius 1 is 0.440 bits per heavy atom. The molecule has 0 aliphatic carbocycles. The summed E-state index contributed by atoms with van der Waals surface area (Å²) in [5.74, 6) is -0.646. The first-order chi connectivity index (χ1) is 39.6. The van der Waals surface area contributed by atoms with E-state index in [2.05, 4.69) is 31.1 Å². The van der Waals surface area contributed by atoms with Gasteiger partial charge < -0.3 is 41.0 Å². The maximum atomic E-state index is 13.3. The van der Waals surface area contributed by atoms with Crippen molar-refractivity contribution >= 4 is 119 Å². The minimum Gasteiger partial charge on any atom is -0.489 e. The zero-order valence-corrected chi connectivity index (χ0v) is 47.3. The summed E-state index contributed by atoms with van der Waals surface area (Å²) in [4.78, 5) is 23.6. The molecule has 84 heavy (non-hydrogen) atoms. The van der Waals surface area contributed by atoms with E-state index < -0.39 is 71.9 Å². The summed E-state index contributed by atoms with van der Waals surface area (Å²) in [6.07, 6.45) is 0. The third kappa shape index (κ3) is 15.6. The lowest BCUT2D eigenvalue weighted by Gasteiger charge is -2.16. The van der Waals surface area contributed by atoms with Gasteiger partial charge in [-0.05, 0) is 145 Å². The Hall–Kier alpha value is -8.82. The lowest BCUT2D eigenvalue weighted by Crippen LogP contribution is -2.16. The van der Waals surface area contributed by atoms with E-state index in [1.54, 1.807) is 74.5 Å². The van der Waals surface area contributed by atoms with Gasteiger partial charge in [-0.15, -0.1) is 0 Å². The molecule has 438 valence electrons. The van der Waals surface area contributed by atoms with E-state index in [0.717, 1.165) is 12.1 Å². The highest BCUT2D eigenvalue weighted by Crippen LogP contribution is 2.38. The fraction of sp³-hybridized carbons (Fsp3) is 0.148. The monoisotopic (exact) mass is 1230 g/mol. The van der Waals surface area contributed by atoms with Gasteiger partial charge in [-0.25, -0.2) is 0 Å². The number of nitrogens with two attached hydrogens (primary N) is 2. The van der Waals surface area contributed by atoms with Crippen LogP contribution < -0.4 is 31.6 Å². The van der Waals surface area contributed by atoms with E-state index >= 15 is 0 Å². The highest BCUT2D eigenvalue weighted by atomic mass is 32.2. The molecular weight excluding hydrogens is 1180 g/mol. The number of carbonyl (C=O) groups excluding carboxylic acids is 2. The number of amides is 2. The molecule has 8 rings (SSSR count). The van der Waals surface area contributed by atoms with Gasteiger partial charge in [-0.1, -0.05) is 12.1 Å². The van der Waals surface area contributed by atoms with E-state index in [1.807, 2.05) is 0 Å². The van der Waals surface area contributed by atoms with Crippen LogP contribution in [0, 0.1) is 13.8 Å². The highest BCUT2D eigenvalue weighted by molar-refractivity contribution is 7.87. The first-order valence-electron chi connectivity index (χ1n) is 24.5. The molecule has 0 aliphatic rings. The minimum atomic E-state index is -4.98. The molecule has 0 aromatic heterocycles. The lowest BCUT2D eigenvalue weighted by molar-refractivity contribution is 0.0275. The Morgan fingerprint density at radius 3 is 1.14 bits per heavy atom. The second-order valence-electron chi connectivity index (χ2n) is 18.3. The molecule has 0 fully saturated rings. The standard InChI is InChI=1S/C54H50N8O18S4/c1-31-21-47(57-53(63)33-3-9-37(55)10-4-33)49(29-45(31)61-59-39-13-7-35-23-41(81(65,66)67)27-51(43(35)25-39)83(71,72)73)79-19-17-77-15-16-78-18-20-80-50-30-46(32(2)22-48(50)58-54(64)34-5-11-38(56)12-6-34)62-60-40-14-8-36-24-42(82(68,69)70)28-52(44(36)26-40)84(74,75)76/h3-14,21-30H,15-20,55-56H2,1-2H3,(H,57,63)(H,58,64)(H,65,66,67)(H,68,69,70)(H,71,72,73)(H,74,75,76). The van der Waals surface area contributed by atoms with Crippen molar-refractivity contribution in [1.82, 2.24) is 0 Å². The fourth-order valence-corrected chi connectivity index (χ4v) is 10.7. The van der Waals surface area contributed by atoms with Crippen LogP contribution in [0.15, 0.2) is 173 Å². The van der Waals surface area contributed by atoms with Crippen molar-refractivity contribution in [3.63, 3.8) is 0 Å². The second kappa shape index (κ2) is 25.4. The SMILES string of the molecule is Cc1cc(NC(=O)c2ccc(N)cc2)c(OCCOCCOCCOc2cc(N=Nc3ccc4cc(S(=O)(=O)O)cc(S(=O)(=O)O)c4c3)c(C)cc2NC(=O)c2ccc(N)cc2)cc1N=Nc1ccc2cc(S(=O)(=O)O)cc(S(=O)(=O)O)c2c1. The van der Waals surface area contributed by atoms with Crippen molar-refractivity contribution < 1.29 is 80.4 Å². The van der Waals surface area contributed by atoms with E-state index in [9.17, 15) is 61.5 Å². The molecule has 2 amide bonds. The number of benzene rings is 8. The third-order valence-corrected chi connectivity index (χ3v) is 15.7. The number of hydrogen-bond donors (Lipinski definition) is 8. The summed E-state index contributed by atoms with van der Waals surface area (Å²) >= 11 is 0. The quantitative estimate of drug-likeness (QED) is 0.0128.